The molecule has 0 atom stereocenters. The number of carbonyl (C=O) groups is 1. The van der Waals surface area contributed by atoms with Gasteiger partial charge in [-0.25, -0.2) is 0 Å². The van der Waals surface area contributed by atoms with E-state index in [9.17, 15) is 4.79 Å². The zero-order chi connectivity index (χ0) is 16.5. The molecule has 0 heterocycles. The summed E-state index contributed by atoms with van der Waals surface area (Å²) in [5.41, 5.74) is 1.75. The SMILES string of the molecule is CCCOc1cccc(NCC(=O)NCc2ccccc2Cl)c1. The maximum Gasteiger partial charge on any atom is 0.239 e. The van der Waals surface area contributed by atoms with Gasteiger partial charge in [0.1, 0.15) is 5.75 Å². The summed E-state index contributed by atoms with van der Waals surface area (Å²) in [6, 6.07) is 15.0. The Kier molecular flexibility index (Phi) is 6.76. The molecule has 0 aliphatic heterocycles. The van der Waals surface area contributed by atoms with Crippen molar-refractivity contribution < 1.29 is 9.53 Å². The van der Waals surface area contributed by atoms with Crippen LogP contribution in [0.5, 0.6) is 5.75 Å². The van der Waals surface area contributed by atoms with E-state index >= 15 is 0 Å². The lowest BCUT2D eigenvalue weighted by atomic mass is 10.2. The van der Waals surface area contributed by atoms with Crippen LogP contribution < -0.4 is 15.4 Å². The average Bonchev–Trinajstić information content (AvgIpc) is 2.58. The highest BCUT2D eigenvalue weighted by Crippen LogP contribution is 2.17. The van der Waals surface area contributed by atoms with Crippen molar-refractivity contribution in [2.75, 3.05) is 18.5 Å². The van der Waals surface area contributed by atoms with Gasteiger partial charge in [0.25, 0.3) is 0 Å². The number of halogens is 1. The molecule has 0 saturated heterocycles. The number of anilines is 1. The van der Waals surface area contributed by atoms with E-state index in [0.29, 0.717) is 18.2 Å². The summed E-state index contributed by atoms with van der Waals surface area (Å²) >= 11 is 6.06. The van der Waals surface area contributed by atoms with Crippen LogP contribution in [0.15, 0.2) is 48.5 Å². The number of nitrogens with one attached hydrogen (secondary N) is 2. The number of rotatable bonds is 8. The van der Waals surface area contributed by atoms with E-state index in [4.69, 9.17) is 16.3 Å². The number of amides is 1. The molecule has 0 aliphatic carbocycles. The van der Waals surface area contributed by atoms with Gasteiger partial charge in [0.15, 0.2) is 0 Å². The van der Waals surface area contributed by atoms with Crippen LogP contribution in [0.25, 0.3) is 0 Å². The second-order valence-corrected chi connectivity index (χ2v) is 5.51. The summed E-state index contributed by atoms with van der Waals surface area (Å²) in [4.78, 5) is 11.9. The van der Waals surface area contributed by atoms with Crippen LogP contribution in [0.3, 0.4) is 0 Å². The van der Waals surface area contributed by atoms with Gasteiger partial charge < -0.3 is 15.4 Å². The van der Waals surface area contributed by atoms with Crippen molar-refractivity contribution in [2.45, 2.75) is 19.9 Å². The van der Waals surface area contributed by atoms with Crippen molar-refractivity contribution in [2.24, 2.45) is 0 Å². The Morgan fingerprint density at radius 2 is 2.00 bits per heavy atom. The fraction of sp³-hybridized carbons (Fsp3) is 0.278. The maximum atomic E-state index is 11.9. The molecule has 1 amide bonds. The van der Waals surface area contributed by atoms with Crippen molar-refractivity contribution in [3.63, 3.8) is 0 Å². The van der Waals surface area contributed by atoms with Crippen LogP contribution in [-0.4, -0.2) is 19.1 Å². The van der Waals surface area contributed by atoms with Crippen molar-refractivity contribution in [1.29, 1.82) is 0 Å². The van der Waals surface area contributed by atoms with Gasteiger partial charge in [0, 0.05) is 23.3 Å². The van der Waals surface area contributed by atoms with E-state index in [1.807, 2.05) is 48.5 Å². The number of hydrogen-bond donors (Lipinski definition) is 2. The Hall–Kier alpha value is -2.20. The van der Waals surface area contributed by atoms with E-state index in [1.54, 1.807) is 0 Å². The van der Waals surface area contributed by atoms with Crippen molar-refractivity contribution in [3.8, 4) is 5.75 Å². The van der Waals surface area contributed by atoms with Gasteiger partial charge in [-0.15, -0.1) is 0 Å². The molecule has 2 rings (SSSR count). The van der Waals surface area contributed by atoms with Gasteiger partial charge >= 0.3 is 0 Å². The molecule has 5 heteroatoms. The van der Waals surface area contributed by atoms with Crippen molar-refractivity contribution in [3.05, 3.63) is 59.1 Å². The van der Waals surface area contributed by atoms with E-state index in [2.05, 4.69) is 17.6 Å². The quantitative estimate of drug-likeness (QED) is 0.771. The van der Waals surface area contributed by atoms with Crippen LogP contribution in [-0.2, 0) is 11.3 Å². The molecule has 0 unspecified atom stereocenters. The predicted molar refractivity (Wildman–Crippen MR) is 94.0 cm³/mol. The number of carbonyl (C=O) groups excluding carboxylic acids is 1. The summed E-state index contributed by atoms with van der Waals surface area (Å²) in [7, 11) is 0. The molecule has 2 aromatic rings. The molecule has 0 aliphatic rings. The van der Waals surface area contributed by atoms with E-state index in [0.717, 1.165) is 23.4 Å². The zero-order valence-corrected chi connectivity index (χ0v) is 13.9. The second kappa shape index (κ2) is 9.06. The molecule has 2 N–H and O–H groups in total. The highest BCUT2D eigenvalue weighted by atomic mass is 35.5. The fourth-order valence-corrected chi connectivity index (χ4v) is 2.20. The van der Waals surface area contributed by atoms with E-state index in [-0.39, 0.29) is 12.5 Å². The highest BCUT2D eigenvalue weighted by Gasteiger charge is 2.04. The molecule has 23 heavy (non-hydrogen) atoms. The third-order valence-electron chi connectivity index (χ3n) is 3.19. The molecule has 4 nitrogen and oxygen atoms in total. The number of benzene rings is 2. The second-order valence-electron chi connectivity index (χ2n) is 5.10. The molecule has 0 spiro atoms. The summed E-state index contributed by atoms with van der Waals surface area (Å²) < 4.78 is 5.57. The minimum Gasteiger partial charge on any atom is -0.494 e. The first kappa shape index (κ1) is 17.2. The van der Waals surface area contributed by atoms with E-state index < -0.39 is 0 Å². The van der Waals surface area contributed by atoms with Gasteiger partial charge in [0.2, 0.25) is 5.91 Å². The summed E-state index contributed by atoms with van der Waals surface area (Å²) in [5, 5.41) is 6.58. The maximum absolute atomic E-state index is 11.9. The van der Waals surface area contributed by atoms with Crippen molar-refractivity contribution >= 4 is 23.2 Å². The molecule has 0 radical (unpaired) electrons. The Labute approximate surface area is 141 Å². The Morgan fingerprint density at radius 3 is 2.78 bits per heavy atom. The summed E-state index contributed by atoms with van der Waals surface area (Å²) in [5.74, 6) is 0.707. The fourth-order valence-electron chi connectivity index (χ4n) is 2.00. The first-order chi connectivity index (χ1) is 11.2. The molecule has 2 aromatic carbocycles. The first-order valence-electron chi connectivity index (χ1n) is 7.66. The molecular weight excluding hydrogens is 312 g/mol. The topological polar surface area (TPSA) is 50.4 Å². The highest BCUT2D eigenvalue weighted by molar-refractivity contribution is 6.31. The van der Waals surface area contributed by atoms with Crippen LogP contribution >= 0.6 is 11.6 Å². The minimum atomic E-state index is -0.0928. The van der Waals surface area contributed by atoms with Crippen molar-refractivity contribution in [1.82, 2.24) is 5.32 Å². The third-order valence-corrected chi connectivity index (χ3v) is 3.56. The molecule has 0 aromatic heterocycles. The third kappa shape index (κ3) is 5.83. The summed E-state index contributed by atoms with van der Waals surface area (Å²) in [6.07, 6.45) is 0.960. The number of hydrogen-bond acceptors (Lipinski definition) is 3. The summed E-state index contributed by atoms with van der Waals surface area (Å²) in [6.45, 7) is 3.36. The van der Waals surface area contributed by atoms with Crippen LogP contribution in [0, 0.1) is 0 Å². The van der Waals surface area contributed by atoms with Gasteiger partial charge in [0.05, 0.1) is 13.2 Å². The minimum absolute atomic E-state index is 0.0928. The normalized spacial score (nSPS) is 10.2. The first-order valence-corrected chi connectivity index (χ1v) is 8.03. The number of ether oxygens (including phenoxy) is 1. The van der Waals surface area contributed by atoms with Gasteiger partial charge in [-0.1, -0.05) is 42.8 Å². The van der Waals surface area contributed by atoms with E-state index in [1.165, 1.54) is 0 Å². The van der Waals surface area contributed by atoms with Crippen LogP contribution in [0.2, 0.25) is 5.02 Å². The monoisotopic (exact) mass is 332 g/mol. The average molecular weight is 333 g/mol. The Morgan fingerprint density at radius 1 is 1.17 bits per heavy atom. The Bertz CT molecular complexity index is 646. The Balaban J connectivity index is 1.79. The molecule has 0 saturated carbocycles. The van der Waals surface area contributed by atoms with Crippen LogP contribution in [0.1, 0.15) is 18.9 Å². The predicted octanol–water partition coefficient (Wildman–Crippen LogP) is 3.86. The zero-order valence-electron chi connectivity index (χ0n) is 13.1. The molecule has 0 fully saturated rings. The molecule has 0 bridgehead atoms. The molecular formula is C18H21ClN2O2. The van der Waals surface area contributed by atoms with Gasteiger partial charge in [-0.2, -0.15) is 0 Å². The lowest BCUT2D eigenvalue weighted by Gasteiger charge is -2.10. The van der Waals surface area contributed by atoms with Gasteiger partial charge in [-0.3, -0.25) is 4.79 Å². The largest absolute Gasteiger partial charge is 0.494 e. The van der Waals surface area contributed by atoms with Gasteiger partial charge in [-0.05, 0) is 30.2 Å². The smallest absolute Gasteiger partial charge is 0.239 e. The van der Waals surface area contributed by atoms with Crippen LogP contribution in [0.4, 0.5) is 5.69 Å². The lowest BCUT2D eigenvalue weighted by Crippen LogP contribution is -2.29. The molecule has 122 valence electrons. The lowest BCUT2D eigenvalue weighted by molar-refractivity contribution is -0.119. The standard InChI is InChI=1S/C18H21ClN2O2/c1-2-10-23-16-8-5-7-15(11-16)20-13-18(22)21-12-14-6-3-4-9-17(14)19/h3-9,11,20H,2,10,12-13H2,1H3,(H,21,22).